The van der Waals surface area contributed by atoms with Gasteiger partial charge in [0.2, 0.25) is 5.91 Å². The normalized spacial score (nSPS) is 18.0. The van der Waals surface area contributed by atoms with Gasteiger partial charge in [-0.15, -0.1) is 0 Å². The van der Waals surface area contributed by atoms with Crippen LogP contribution in [0.25, 0.3) is 11.1 Å². The van der Waals surface area contributed by atoms with Crippen molar-refractivity contribution in [3.05, 3.63) is 24.5 Å². The molecule has 1 aliphatic heterocycles. The Morgan fingerprint density at radius 2 is 1.93 bits per heavy atom. The van der Waals surface area contributed by atoms with Gasteiger partial charge in [0, 0.05) is 37.8 Å². The maximum absolute atomic E-state index is 12.3. The third-order valence-electron chi connectivity index (χ3n) is 5.43. The van der Waals surface area contributed by atoms with E-state index in [-0.39, 0.29) is 18.5 Å². The predicted octanol–water partition coefficient (Wildman–Crippen LogP) is 2.88. The number of anilines is 3. The fourth-order valence-electron chi connectivity index (χ4n) is 3.87. The van der Waals surface area contributed by atoms with Gasteiger partial charge >= 0.3 is 12.1 Å². The average Bonchev–Trinajstić information content (AvgIpc) is 3.43. The number of benzene rings is 1. The lowest BCUT2D eigenvalue weighted by molar-refractivity contribution is -0.117. The fraction of sp³-hybridized carbons (Fsp3) is 0.400. The Morgan fingerprint density at radius 3 is 2.53 bits per heavy atom. The second kappa shape index (κ2) is 7.36. The summed E-state index contributed by atoms with van der Waals surface area (Å²) in [6.45, 7) is 3.39. The van der Waals surface area contributed by atoms with Gasteiger partial charge in [0.25, 0.3) is 0 Å². The summed E-state index contributed by atoms with van der Waals surface area (Å²) in [5.41, 5.74) is 2.69. The molecule has 1 atom stereocenters. The van der Waals surface area contributed by atoms with E-state index in [1.165, 1.54) is 18.9 Å². The zero-order chi connectivity index (χ0) is 21.6. The minimum Gasteiger partial charge on any atom is -0.465 e. The third-order valence-corrected chi connectivity index (χ3v) is 5.43. The van der Waals surface area contributed by atoms with Gasteiger partial charge in [-0.1, -0.05) is 0 Å². The molecule has 10 heteroatoms. The Balaban J connectivity index is 1.90. The molecule has 0 spiro atoms. The molecule has 1 aromatic carbocycles. The Labute approximate surface area is 173 Å². The molecule has 30 heavy (non-hydrogen) atoms. The second-order valence-corrected chi connectivity index (χ2v) is 7.66. The van der Waals surface area contributed by atoms with Crippen molar-refractivity contribution < 1.29 is 19.5 Å². The molecule has 10 nitrogen and oxygen atoms in total. The average molecular weight is 412 g/mol. The molecule has 0 unspecified atom stereocenters. The molecule has 0 saturated heterocycles. The standard InChI is InChI=1S/C20H24N6O4/c1-11-9-24(20(29)30)17-6-15(13-8-22-25(10-13)14-4-5-14)16(23-19(28)21-3)7-18(17)26(11)12(2)27/h6-8,10-11,14H,4-5,9H2,1-3H3,(H,29,30)(H2,21,23,28)/t11-/m0/s1. The number of carbonyl (C=O) groups excluding carboxylic acids is 2. The zero-order valence-corrected chi connectivity index (χ0v) is 17.0. The molecule has 2 aromatic rings. The van der Waals surface area contributed by atoms with Crippen LogP contribution in [0.15, 0.2) is 24.5 Å². The smallest absolute Gasteiger partial charge is 0.411 e. The van der Waals surface area contributed by atoms with Crippen molar-refractivity contribution in [3.63, 3.8) is 0 Å². The van der Waals surface area contributed by atoms with Crippen molar-refractivity contribution in [2.24, 2.45) is 0 Å². The van der Waals surface area contributed by atoms with Gasteiger partial charge in [-0.05, 0) is 31.9 Å². The Kier molecular flexibility index (Phi) is 4.84. The van der Waals surface area contributed by atoms with E-state index in [1.807, 2.05) is 10.9 Å². The Hall–Kier alpha value is -3.56. The number of fused-ring (bicyclic) bond motifs is 1. The summed E-state index contributed by atoms with van der Waals surface area (Å²) < 4.78 is 1.89. The summed E-state index contributed by atoms with van der Waals surface area (Å²) in [6.07, 6.45) is 4.65. The van der Waals surface area contributed by atoms with E-state index in [0.29, 0.717) is 28.7 Å². The van der Waals surface area contributed by atoms with Crippen LogP contribution in [0.1, 0.15) is 32.7 Å². The molecule has 1 aromatic heterocycles. The lowest BCUT2D eigenvalue weighted by atomic mass is 10.0. The maximum atomic E-state index is 12.3. The number of aromatic nitrogens is 2. The van der Waals surface area contributed by atoms with E-state index in [2.05, 4.69) is 15.7 Å². The topological polar surface area (TPSA) is 120 Å². The van der Waals surface area contributed by atoms with E-state index in [4.69, 9.17) is 0 Å². The van der Waals surface area contributed by atoms with Gasteiger partial charge in [-0.2, -0.15) is 5.10 Å². The predicted molar refractivity (Wildman–Crippen MR) is 112 cm³/mol. The van der Waals surface area contributed by atoms with Gasteiger partial charge in [0.1, 0.15) is 0 Å². The first-order valence-corrected chi connectivity index (χ1v) is 9.81. The molecule has 3 N–H and O–H groups in total. The van der Waals surface area contributed by atoms with Crippen LogP contribution in [-0.4, -0.2) is 52.6 Å². The van der Waals surface area contributed by atoms with Gasteiger partial charge in [0.05, 0.1) is 35.3 Å². The van der Waals surface area contributed by atoms with Crippen LogP contribution < -0.4 is 20.4 Å². The first kappa shape index (κ1) is 19.7. The summed E-state index contributed by atoms with van der Waals surface area (Å²) in [5, 5.41) is 19.5. The van der Waals surface area contributed by atoms with Crippen molar-refractivity contribution in [1.29, 1.82) is 0 Å². The molecule has 1 fully saturated rings. The number of carboxylic acid groups (broad SMARTS) is 1. The first-order valence-electron chi connectivity index (χ1n) is 9.81. The number of rotatable bonds is 3. The number of hydrogen-bond donors (Lipinski definition) is 3. The van der Waals surface area contributed by atoms with Crippen molar-refractivity contribution in [1.82, 2.24) is 15.1 Å². The molecule has 0 bridgehead atoms. The van der Waals surface area contributed by atoms with Crippen molar-refractivity contribution in [3.8, 4) is 11.1 Å². The van der Waals surface area contributed by atoms with E-state index in [0.717, 1.165) is 18.4 Å². The number of nitrogens with zero attached hydrogens (tertiary/aromatic N) is 4. The molecule has 2 aliphatic rings. The van der Waals surface area contributed by atoms with E-state index in [9.17, 15) is 19.5 Å². The Bertz CT molecular complexity index is 1030. The van der Waals surface area contributed by atoms with Crippen LogP contribution in [0.2, 0.25) is 0 Å². The van der Waals surface area contributed by atoms with Crippen LogP contribution in [0.5, 0.6) is 0 Å². The minimum atomic E-state index is -1.10. The maximum Gasteiger partial charge on any atom is 0.411 e. The first-order chi connectivity index (χ1) is 14.3. The number of carbonyl (C=O) groups is 3. The molecule has 1 aliphatic carbocycles. The van der Waals surface area contributed by atoms with Gasteiger partial charge in [0.15, 0.2) is 0 Å². The van der Waals surface area contributed by atoms with E-state index in [1.54, 1.807) is 30.2 Å². The molecular formula is C20H24N6O4. The summed E-state index contributed by atoms with van der Waals surface area (Å²) in [4.78, 5) is 39.1. The van der Waals surface area contributed by atoms with Crippen LogP contribution >= 0.6 is 0 Å². The zero-order valence-electron chi connectivity index (χ0n) is 17.0. The summed E-state index contributed by atoms with van der Waals surface area (Å²) in [6, 6.07) is 2.98. The van der Waals surface area contributed by atoms with Crippen LogP contribution in [0, 0.1) is 0 Å². The summed E-state index contributed by atoms with van der Waals surface area (Å²) in [5.74, 6) is -0.200. The van der Waals surface area contributed by atoms with E-state index >= 15 is 0 Å². The molecule has 2 heterocycles. The van der Waals surface area contributed by atoms with Crippen LogP contribution in [-0.2, 0) is 4.79 Å². The number of hydrogen-bond acceptors (Lipinski definition) is 4. The molecule has 4 rings (SSSR count). The third kappa shape index (κ3) is 3.44. The monoisotopic (exact) mass is 412 g/mol. The van der Waals surface area contributed by atoms with Gasteiger partial charge < -0.3 is 20.6 Å². The lowest BCUT2D eigenvalue weighted by Crippen LogP contribution is -2.51. The fourth-order valence-corrected chi connectivity index (χ4v) is 3.87. The highest BCUT2D eigenvalue weighted by Crippen LogP contribution is 2.44. The quantitative estimate of drug-likeness (QED) is 0.716. The van der Waals surface area contributed by atoms with Crippen molar-refractivity contribution in [2.75, 3.05) is 28.7 Å². The molecular weight excluding hydrogens is 388 g/mol. The minimum absolute atomic E-state index is 0.158. The van der Waals surface area contributed by atoms with Crippen molar-refractivity contribution >= 4 is 35.1 Å². The van der Waals surface area contributed by atoms with Gasteiger partial charge in [-0.25, -0.2) is 9.59 Å². The summed E-state index contributed by atoms with van der Waals surface area (Å²) >= 11 is 0. The Morgan fingerprint density at radius 1 is 1.20 bits per heavy atom. The molecule has 1 saturated carbocycles. The lowest BCUT2D eigenvalue weighted by Gasteiger charge is -2.40. The highest BCUT2D eigenvalue weighted by Gasteiger charge is 2.35. The summed E-state index contributed by atoms with van der Waals surface area (Å²) in [7, 11) is 1.51. The largest absolute Gasteiger partial charge is 0.465 e. The molecule has 4 amide bonds. The molecule has 0 radical (unpaired) electrons. The highest BCUT2D eigenvalue weighted by molar-refractivity contribution is 6.06. The van der Waals surface area contributed by atoms with Crippen LogP contribution in [0.4, 0.5) is 26.7 Å². The number of nitrogens with one attached hydrogen (secondary N) is 2. The number of urea groups is 1. The van der Waals surface area contributed by atoms with Crippen molar-refractivity contribution in [2.45, 2.75) is 38.8 Å². The second-order valence-electron chi connectivity index (χ2n) is 7.66. The highest BCUT2D eigenvalue weighted by atomic mass is 16.4. The van der Waals surface area contributed by atoms with Crippen LogP contribution in [0.3, 0.4) is 0 Å². The molecule has 158 valence electrons. The SMILES string of the molecule is CNC(=O)Nc1cc2c(cc1-c1cnn(C3CC3)c1)N(C(=O)O)C[C@H](C)N2C(C)=O. The van der Waals surface area contributed by atoms with E-state index < -0.39 is 12.1 Å². The van der Waals surface area contributed by atoms with Gasteiger partial charge in [-0.3, -0.25) is 14.4 Å². The number of amides is 4.